The average Bonchev–Trinajstić information content (AvgIpc) is 3.11. The van der Waals surface area contributed by atoms with Crippen LogP contribution in [0.4, 0.5) is 0 Å². The predicted octanol–water partition coefficient (Wildman–Crippen LogP) is 2.77. The number of hydrogen-bond acceptors (Lipinski definition) is 4. The molecular weight excluding hydrogens is 258 g/mol. The number of thiophene rings is 1. The summed E-state index contributed by atoms with van der Waals surface area (Å²) < 4.78 is 11.4. The van der Waals surface area contributed by atoms with Gasteiger partial charge in [0, 0.05) is 32.2 Å². The number of hydrogen-bond donors (Lipinski definition) is 0. The molecule has 2 aliphatic heterocycles. The molecule has 2 saturated heterocycles. The van der Waals surface area contributed by atoms with Crippen LogP contribution in [0.25, 0.3) is 0 Å². The fourth-order valence-corrected chi connectivity index (χ4v) is 3.52. The molecule has 0 N–H and O–H groups in total. The molecule has 3 nitrogen and oxygen atoms in total. The van der Waals surface area contributed by atoms with E-state index in [1.165, 1.54) is 37.9 Å². The van der Waals surface area contributed by atoms with Crippen LogP contribution in [-0.2, 0) is 16.0 Å². The third kappa shape index (κ3) is 4.02. The molecule has 2 aliphatic rings. The van der Waals surface area contributed by atoms with E-state index in [4.69, 9.17) is 9.47 Å². The summed E-state index contributed by atoms with van der Waals surface area (Å²) in [5.74, 6) is 0.642. The highest BCUT2D eigenvalue weighted by atomic mass is 32.1. The van der Waals surface area contributed by atoms with Crippen molar-refractivity contribution in [3.05, 3.63) is 22.4 Å². The molecule has 1 atom stereocenters. The lowest BCUT2D eigenvalue weighted by atomic mass is 10.1. The van der Waals surface area contributed by atoms with Crippen LogP contribution in [-0.4, -0.2) is 43.9 Å². The lowest BCUT2D eigenvalue weighted by Gasteiger charge is -2.32. The molecule has 106 valence electrons. The maximum atomic E-state index is 6.05. The van der Waals surface area contributed by atoms with E-state index in [0.717, 1.165) is 26.4 Å². The number of piperidine rings is 1. The van der Waals surface area contributed by atoms with Crippen molar-refractivity contribution >= 4 is 11.3 Å². The molecule has 0 unspecified atom stereocenters. The molecule has 0 aromatic carbocycles. The first kappa shape index (κ1) is 13.6. The van der Waals surface area contributed by atoms with E-state index in [1.807, 2.05) is 0 Å². The Morgan fingerprint density at radius 2 is 2.21 bits per heavy atom. The predicted molar refractivity (Wildman–Crippen MR) is 77.5 cm³/mol. The molecule has 2 fully saturated rings. The summed E-state index contributed by atoms with van der Waals surface area (Å²) in [6.07, 6.45) is 4.01. The summed E-state index contributed by atoms with van der Waals surface area (Å²) >= 11 is 1.79. The van der Waals surface area contributed by atoms with Gasteiger partial charge in [-0.1, -0.05) is 0 Å². The molecule has 3 heterocycles. The van der Waals surface area contributed by atoms with E-state index < -0.39 is 0 Å². The van der Waals surface area contributed by atoms with Crippen LogP contribution in [0.5, 0.6) is 0 Å². The second-order valence-corrected chi connectivity index (χ2v) is 6.45. The van der Waals surface area contributed by atoms with Crippen LogP contribution >= 0.6 is 11.3 Å². The molecule has 1 aromatic rings. The zero-order valence-corrected chi connectivity index (χ0v) is 12.2. The summed E-state index contributed by atoms with van der Waals surface area (Å²) in [6.45, 7) is 6.16. The fourth-order valence-electron chi connectivity index (χ4n) is 2.86. The minimum absolute atomic E-state index is 0.472. The summed E-state index contributed by atoms with van der Waals surface area (Å²) in [5.41, 5.74) is 1.45. The van der Waals surface area contributed by atoms with Gasteiger partial charge in [0.2, 0.25) is 0 Å². The van der Waals surface area contributed by atoms with Gasteiger partial charge in [-0.3, -0.25) is 4.90 Å². The van der Waals surface area contributed by atoms with E-state index in [1.54, 1.807) is 11.3 Å². The highest BCUT2D eigenvalue weighted by Gasteiger charge is 2.22. The summed E-state index contributed by atoms with van der Waals surface area (Å²) in [4.78, 5) is 2.54. The third-order valence-electron chi connectivity index (χ3n) is 4.11. The summed E-state index contributed by atoms with van der Waals surface area (Å²) in [5, 5.41) is 4.41. The molecule has 3 rings (SSSR count). The second kappa shape index (κ2) is 6.84. The van der Waals surface area contributed by atoms with Crippen LogP contribution in [0.2, 0.25) is 0 Å². The molecule has 0 bridgehead atoms. The standard InChI is InChI=1S/C15H23NO2S/c1-5-16(9-13-4-8-19-12-13)6-2-15(1)18-11-14-3-7-17-10-14/h4,8,12,14-15H,1-3,5-7,9-11H2/t14-/m0/s1. The van der Waals surface area contributed by atoms with Crippen LogP contribution in [0.15, 0.2) is 16.8 Å². The Kier molecular flexibility index (Phi) is 4.88. The lowest BCUT2D eigenvalue weighted by Crippen LogP contribution is -2.37. The first-order chi connectivity index (χ1) is 9.40. The molecule has 0 aliphatic carbocycles. The van der Waals surface area contributed by atoms with Gasteiger partial charge in [-0.05, 0) is 41.7 Å². The van der Waals surface area contributed by atoms with E-state index in [-0.39, 0.29) is 0 Å². The van der Waals surface area contributed by atoms with Crippen molar-refractivity contribution in [1.82, 2.24) is 4.90 Å². The minimum atomic E-state index is 0.472. The smallest absolute Gasteiger partial charge is 0.0599 e. The molecule has 0 amide bonds. The monoisotopic (exact) mass is 281 g/mol. The van der Waals surface area contributed by atoms with Crippen LogP contribution in [0.1, 0.15) is 24.8 Å². The zero-order chi connectivity index (χ0) is 12.9. The highest BCUT2D eigenvalue weighted by molar-refractivity contribution is 7.07. The van der Waals surface area contributed by atoms with Crippen LogP contribution in [0, 0.1) is 5.92 Å². The maximum Gasteiger partial charge on any atom is 0.0599 e. The van der Waals surface area contributed by atoms with Gasteiger partial charge in [-0.25, -0.2) is 0 Å². The van der Waals surface area contributed by atoms with Gasteiger partial charge >= 0.3 is 0 Å². The van der Waals surface area contributed by atoms with Crippen molar-refractivity contribution in [1.29, 1.82) is 0 Å². The molecule has 19 heavy (non-hydrogen) atoms. The Bertz CT molecular complexity index is 354. The van der Waals surface area contributed by atoms with Gasteiger partial charge in [0.15, 0.2) is 0 Å². The first-order valence-electron chi connectivity index (χ1n) is 7.33. The number of rotatable bonds is 5. The summed E-state index contributed by atoms with van der Waals surface area (Å²) in [7, 11) is 0. The van der Waals surface area contributed by atoms with Gasteiger partial charge in [0.05, 0.1) is 19.3 Å². The number of likely N-dealkylation sites (tertiary alicyclic amines) is 1. The van der Waals surface area contributed by atoms with Crippen molar-refractivity contribution in [2.45, 2.75) is 31.9 Å². The van der Waals surface area contributed by atoms with Gasteiger partial charge in [0.1, 0.15) is 0 Å². The minimum Gasteiger partial charge on any atom is -0.381 e. The normalized spacial score (nSPS) is 26.0. The largest absolute Gasteiger partial charge is 0.381 e. The SMILES string of the molecule is c1cc(CN2CCC(OC[C@H]3CCOC3)CC2)cs1. The zero-order valence-electron chi connectivity index (χ0n) is 11.4. The maximum absolute atomic E-state index is 6.05. The Morgan fingerprint density at radius 3 is 2.89 bits per heavy atom. The van der Waals surface area contributed by atoms with Crippen LogP contribution < -0.4 is 0 Å². The molecule has 4 heteroatoms. The molecule has 0 radical (unpaired) electrons. The quantitative estimate of drug-likeness (QED) is 0.828. The van der Waals surface area contributed by atoms with Crippen molar-refractivity contribution in [2.75, 3.05) is 32.9 Å². The summed E-state index contributed by atoms with van der Waals surface area (Å²) in [6, 6.07) is 2.23. The van der Waals surface area contributed by atoms with Gasteiger partial charge in [-0.2, -0.15) is 11.3 Å². The number of ether oxygens (including phenoxy) is 2. The van der Waals surface area contributed by atoms with E-state index >= 15 is 0 Å². The van der Waals surface area contributed by atoms with Crippen molar-refractivity contribution in [3.63, 3.8) is 0 Å². The first-order valence-corrected chi connectivity index (χ1v) is 8.27. The fraction of sp³-hybridized carbons (Fsp3) is 0.733. The van der Waals surface area contributed by atoms with Crippen LogP contribution in [0.3, 0.4) is 0 Å². The van der Waals surface area contributed by atoms with Gasteiger partial charge in [-0.15, -0.1) is 0 Å². The highest BCUT2D eigenvalue weighted by Crippen LogP contribution is 2.20. The van der Waals surface area contributed by atoms with Crippen molar-refractivity contribution in [2.24, 2.45) is 5.92 Å². The van der Waals surface area contributed by atoms with E-state index in [2.05, 4.69) is 21.7 Å². The molecule has 0 saturated carbocycles. The average molecular weight is 281 g/mol. The Balaban J connectivity index is 1.34. The van der Waals surface area contributed by atoms with E-state index in [9.17, 15) is 0 Å². The third-order valence-corrected chi connectivity index (χ3v) is 4.84. The topological polar surface area (TPSA) is 21.7 Å². The number of nitrogens with zero attached hydrogens (tertiary/aromatic N) is 1. The Hall–Kier alpha value is -0.420. The van der Waals surface area contributed by atoms with Gasteiger partial charge in [0.25, 0.3) is 0 Å². The van der Waals surface area contributed by atoms with Crippen molar-refractivity contribution in [3.8, 4) is 0 Å². The Morgan fingerprint density at radius 1 is 1.32 bits per heavy atom. The molecule has 0 spiro atoms. The molecular formula is C15H23NO2S. The van der Waals surface area contributed by atoms with E-state index in [0.29, 0.717) is 12.0 Å². The lowest BCUT2D eigenvalue weighted by molar-refractivity contribution is -0.0116. The second-order valence-electron chi connectivity index (χ2n) is 5.67. The van der Waals surface area contributed by atoms with Crippen molar-refractivity contribution < 1.29 is 9.47 Å². The molecule has 1 aromatic heterocycles. The Labute approximate surface area is 119 Å². The van der Waals surface area contributed by atoms with Gasteiger partial charge < -0.3 is 9.47 Å².